The highest BCUT2D eigenvalue weighted by molar-refractivity contribution is 6.22. The summed E-state index contributed by atoms with van der Waals surface area (Å²) in [4.78, 5) is 63.6. The monoisotopic (exact) mass is 403 g/mol. The molecular formula is C20H25N3O6. The van der Waals surface area contributed by atoms with Crippen LogP contribution in [0.3, 0.4) is 0 Å². The molecule has 0 saturated heterocycles. The Balaban J connectivity index is 2.12. The second-order valence-electron chi connectivity index (χ2n) is 7.20. The number of nitrogens with zero attached hydrogens (tertiary/aromatic N) is 2. The quantitative estimate of drug-likeness (QED) is 0.498. The number of rotatable bonds is 8. The number of hydrogen-bond donors (Lipinski definition) is 1. The highest BCUT2D eigenvalue weighted by Gasteiger charge is 2.43. The molecule has 1 aliphatic heterocycles. The summed E-state index contributed by atoms with van der Waals surface area (Å²) in [6.07, 6.45) is 0.201. The number of amides is 4. The highest BCUT2D eigenvalue weighted by atomic mass is 16.5. The summed E-state index contributed by atoms with van der Waals surface area (Å²) in [7, 11) is 2.85. The van der Waals surface area contributed by atoms with Crippen LogP contribution in [0.15, 0.2) is 24.3 Å². The van der Waals surface area contributed by atoms with Gasteiger partial charge in [0.05, 0.1) is 17.7 Å². The molecular weight excluding hydrogens is 378 g/mol. The molecule has 9 nitrogen and oxygen atoms in total. The van der Waals surface area contributed by atoms with Crippen LogP contribution in [0, 0.1) is 5.92 Å². The van der Waals surface area contributed by atoms with E-state index in [1.54, 1.807) is 12.1 Å². The predicted octanol–water partition coefficient (Wildman–Crippen LogP) is 0.445. The molecule has 0 unspecified atom stereocenters. The Morgan fingerprint density at radius 3 is 2.14 bits per heavy atom. The summed E-state index contributed by atoms with van der Waals surface area (Å²) in [6.45, 7) is 2.92. The zero-order valence-corrected chi connectivity index (χ0v) is 16.9. The molecule has 29 heavy (non-hydrogen) atoms. The Hall–Kier alpha value is -3.23. The van der Waals surface area contributed by atoms with E-state index >= 15 is 0 Å². The van der Waals surface area contributed by atoms with Crippen LogP contribution in [0.25, 0.3) is 0 Å². The third kappa shape index (κ3) is 4.98. The van der Waals surface area contributed by atoms with E-state index in [4.69, 9.17) is 4.74 Å². The van der Waals surface area contributed by atoms with Gasteiger partial charge in [-0.3, -0.25) is 24.1 Å². The summed E-state index contributed by atoms with van der Waals surface area (Å²) in [6, 6.07) is 5.21. The number of fused-ring (bicyclic) bond motifs is 1. The predicted molar refractivity (Wildman–Crippen MR) is 103 cm³/mol. The lowest BCUT2D eigenvalue weighted by Crippen LogP contribution is -2.47. The maximum Gasteiger partial charge on any atom is 0.329 e. The molecule has 0 aliphatic carbocycles. The molecule has 0 bridgehead atoms. The second kappa shape index (κ2) is 9.31. The number of likely N-dealkylation sites (N-methyl/N-ethyl adjacent to an activating group) is 2. The minimum atomic E-state index is -1.14. The van der Waals surface area contributed by atoms with E-state index in [2.05, 4.69) is 5.32 Å². The van der Waals surface area contributed by atoms with Crippen LogP contribution >= 0.6 is 0 Å². The van der Waals surface area contributed by atoms with Gasteiger partial charge in [0.1, 0.15) is 6.04 Å². The molecule has 0 fully saturated rings. The number of nitrogens with one attached hydrogen (secondary N) is 1. The van der Waals surface area contributed by atoms with Gasteiger partial charge in [0.15, 0.2) is 6.61 Å². The minimum Gasteiger partial charge on any atom is -0.454 e. The van der Waals surface area contributed by atoms with Gasteiger partial charge in [-0.1, -0.05) is 26.0 Å². The molecule has 0 saturated carbocycles. The van der Waals surface area contributed by atoms with Crippen molar-refractivity contribution in [2.24, 2.45) is 5.92 Å². The van der Waals surface area contributed by atoms with Gasteiger partial charge < -0.3 is 15.0 Å². The van der Waals surface area contributed by atoms with Crippen molar-refractivity contribution in [2.45, 2.75) is 26.3 Å². The molecule has 156 valence electrons. The van der Waals surface area contributed by atoms with Crippen molar-refractivity contribution in [3.63, 3.8) is 0 Å². The summed E-state index contributed by atoms with van der Waals surface area (Å²) in [5.74, 6) is -2.91. The molecule has 1 aliphatic rings. The maximum atomic E-state index is 12.7. The summed E-state index contributed by atoms with van der Waals surface area (Å²) in [5.41, 5.74) is 0.473. The fraction of sp³-hybridized carbons (Fsp3) is 0.450. The van der Waals surface area contributed by atoms with Crippen LogP contribution < -0.4 is 5.32 Å². The first-order chi connectivity index (χ1) is 13.7. The Kier molecular flexibility index (Phi) is 7.08. The van der Waals surface area contributed by atoms with Crippen molar-refractivity contribution in [2.75, 3.05) is 27.2 Å². The van der Waals surface area contributed by atoms with Crippen molar-refractivity contribution in [3.8, 4) is 0 Å². The molecule has 9 heteroatoms. The SMILES string of the molecule is CNC(=O)CN(C)C(=O)COC(=O)[C@H](CC(C)C)N1C(=O)c2ccccc2C1=O. The Bertz CT molecular complexity index is 800. The summed E-state index contributed by atoms with van der Waals surface area (Å²) < 4.78 is 5.10. The Labute approximate surface area is 169 Å². The molecule has 2 rings (SSSR count). The van der Waals surface area contributed by atoms with Gasteiger partial charge in [-0.25, -0.2) is 4.79 Å². The topological polar surface area (TPSA) is 113 Å². The number of ether oxygens (including phenoxy) is 1. The van der Waals surface area contributed by atoms with Gasteiger partial charge in [-0.2, -0.15) is 0 Å². The molecule has 1 N–H and O–H groups in total. The number of benzene rings is 1. The van der Waals surface area contributed by atoms with Gasteiger partial charge in [0.25, 0.3) is 17.7 Å². The Morgan fingerprint density at radius 2 is 1.66 bits per heavy atom. The van der Waals surface area contributed by atoms with Crippen LogP contribution in [0.2, 0.25) is 0 Å². The van der Waals surface area contributed by atoms with E-state index in [0.717, 1.165) is 9.80 Å². The lowest BCUT2D eigenvalue weighted by molar-refractivity contribution is -0.155. The van der Waals surface area contributed by atoms with Crippen LogP contribution in [-0.2, 0) is 19.1 Å². The second-order valence-corrected chi connectivity index (χ2v) is 7.20. The smallest absolute Gasteiger partial charge is 0.329 e. The molecule has 1 aromatic rings. The molecule has 0 radical (unpaired) electrons. The lowest BCUT2D eigenvalue weighted by atomic mass is 10.0. The van der Waals surface area contributed by atoms with Crippen molar-refractivity contribution in [3.05, 3.63) is 35.4 Å². The number of carbonyl (C=O) groups excluding carboxylic acids is 5. The number of esters is 1. The first-order valence-electron chi connectivity index (χ1n) is 9.25. The van der Waals surface area contributed by atoms with Gasteiger partial charge in [0, 0.05) is 14.1 Å². The number of imide groups is 1. The molecule has 4 amide bonds. The molecule has 1 atom stereocenters. The van der Waals surface area contributed by atoms with E-state index < -0.39 is 36.3 Å². The van der Waals surface area contributed by atoms with Gasteiger partial charge in [-0.15, -0.1) is 0 Å². The zero-order valence-electron chi connectivity index (χ0n) is 16.9. The lowest BCUT2D eigenvalue weighted by Gasteiger charge is -2.26. The summed E-state index contributed by atoms with van der Waals surface area (Å²) >= 11 is 0. The molecule has 1 aromatic carbocycles. The van der Waals surface area contributed by atoms with Gasteiger partial charge in [0.2, 0.25) is 5.91 Å². The third-order valence-electron chi connectivity index (χ3n) is 4.53. The van der Waals surface area contributed by atoms with Crippen LogP contribution in [0.1, 0.15) is 41.0 Å². The van der Waals surface area contributed by atoms with Crippen LogP contribution in [0.5, 0.6) is 0 Å². The van der Waals surface area contributed by atoms with Gasteiger partial charge in [-0.05, 0) is 24.5 Å². The highest BCUT2D eigenvalue weighted by Crippen LogP contribution is 2.27. The van der Waals surface area contributed by atoms with Crippen LogP contribution in [0.4, 0.5) is 0 Å². The van der Waals surface area contributed by atoms with Crippen LogP contribution in [-0.4, -0.2) is 72.7 Å². The number of carbonyl (C=O) groups is 5. The zero-order chi connectivity index (χ0) is 21.7. The number of hydrogen-bond acceptors (Lipinski definition) is 6. The molecule has 0 spiro atoms. The summed E-state index contributed by atoms with van der Waals surface area (Å²) in [5, 5.41) is 2.39. The normalized spacial score (nSPS) is 13.9. The first-order valence-corrected chi connectivity index (χ1v) is 9.25. The largest absolute Gasteiger partial charge is 0.454 e. The molecule has 1 heterocycles. The van der Waals surface area contributed by atoms with Crippen molar-refractivity contribution in [1.82, 2.24) is 15.1 Å². The fourth-order valence-corrected chi connectivity index (χ4v) is 2.97. The first kappa shape index (κ1) is 22.1. The average molecular weight is 403 g/mol. The van der Waals surface area contributed by atoms with Crippen molar-refractivity contribution < 1.29 is 28.7 Å². The van der Waals surface area contributed by atoms with E-state index in [0.29, 0.717) is 0 Å². The minimum absolute atomic E-state index is 0.0107. The maximum absolute atomic E-state index is 12.7. The Morgan fingerprint density at radius 1 is 1.10 bits per heavy atom. The van der Waals surface area contributed by atoms with E-state index in [-0.39, 0.29) is 35.9 Å². The van der Waals surface area contributed by atoms with E-state index in [1.165, 1.54) is 26.2 Å². The van der Waals surface area contributed by atoms with Crippen molar-refractivity contribution >= 4 is 29.6 Å². The average Bonchev–Trinajstić information content (AvgIpc) is 2.94. The van der Waals surface area contributed by atoms with Gasteiger partial charge >= 0.3 is 5.97 Å². The third-order valence-corrected chi connectivity index (χ3v) is 4.53. The van der Waals surface area contributed by atoms with E-state index in [9.17, 15) is 24.0 Å². The fourth-order valence-electron chi connectivity index (χ4n) is 2.97. The van der Waals surface area contributed by atoms with Crippen molar-refractivity contribution in [1.29, 1.82) is 0 Å². The van der Waals surface area contributed by atoms with E-state index in [1.807, 2.05) is 13.8 Å². The standard InChI is InChI=1S/C20H25N3O6/c1-12(2)9-15(20(28)29-11-17(25)22(4)10-16(24)21-3)23-18(26)13-7-5-6-8-14(13)19(23)27/h5-8,12,15H,9-11H2,1-4H3,(H,21,24)/t15-/m0/s1. The molecule has 0 aromatic heterocycles.